The smallest absolute Gasteiger partial charge is 0.161 e. The molecule has 0 aliphatic rings. The second-order valence-electron chi connectivity index (χ2n) is 13.8. The molecule has 262 valence electrons. The van der Waals surface area contributed by atoms with Crippen molar-refractivity contribution in [1.29, 1.82) is 0 Å². The van der Waals surface area contributed by atoms with Gasteiger partial charge in [-0.2, -0.15) is 0 Å². The van der Waals surface area contributed by atoms with Crippen LogP contribution < -0.4 is 0 Å². The predicted molar refractivity (Wildman–Crippen MR) is 236 cm³/mol. The van der Waals surface area contributed by atoms with Crippen LogP contribution in [0.15, 0.2) is 182 Å². The molecule has 0 unspecified atom stereocenters. The van der Waals surface area contributed by atoms with Gasteiger partial charge in [-0.1, -0.05) is 164 Å². The van der Waals surface area contributed by atoms with Crippen LogP contribution in [0.25, 0.3) is 108 Å². The molecule has 0 atom stereocenters. The average molecular weight is 751 g/mol. The van der Waals surface area contributed by atoms with Gasteiger partial charge in [-0.25, -0.2) is 19.9 Å². The lowest BCUT2D eigenvalue weighted by Gasteiger charge is -2.11. The summed E-state index contributed by atoms with van der Waals surface area (Å²) in [4.78, 5) is 23.0. The molecule has 7 aromatic carbocycles. The summed E-state index contributed by atoms with van der Waals surface area (Å²) in [7, 11) is 0. The van der Waals surface area contributed by atoms with Crippen LogP contribution in [0.1, 0.15) is 0 Å². The monoisotopic (exact) mass is 750 g/mol. The quantitative estimate of drug-likeness (QED) is 0.170. The van der Waals surface area contributed by atoms with E-state index in [4.69, 9.17) is 19.9 Å². The summed E-state index contributed by atoms with van der Waals surface area (Å²) in [5, 5.41) is 4.48. The second-order valence-corrected chi connectivity index (χ2v) is 15.9. The number of thiophene rings is 2. The summed E-state index contributed by atoms with van der Waals surface area (Å²) in [5.74, 6) is 1.39. The number of fused-ring (bicyclic) bond motifs is 6. The van der Waals surface area contributed by atoms with Crippen LogP contribution in [-0.2, 0) is 0 Å². The van der Waals surface area contributed by atoms with Crippen molar-refractivity contribution in [3.63, 3.8) is 0 Å². The SMILES string of the molecule is c1ccc(-c2ccc(-c3nc(-c4cccc(-c5nc(-c6ccc(-c7ccccc7)cc6)c6c(n5)sc5ccccc56)c4)c4c(n3)sc3ccccc34)cc2)cc1. The van der Waals surface area contributed by atoms with E-state index in [0.717, 1.165) is 65.0 Å². The van der Waals surface area contributed by atoms with E-state index < -0.39 is 0 Å². The summed E-state index contributed by atoms with van der Waals surface area (Å²) in [6, 6.07) is 63.8. The van der Waals surface area contributed by atoms with Gasteiger partial charge in [-0.05, 0) is 40.5 Å². The fourth-order valence-electron chi connectivity index (χ4n) is 7.62. The standard InChI is InChI=1S/C50H30N4S2/c1-3-12-31(13-4-1)33-22-26-35(27-23-33)45-43-39-18-7-9-20-41(39)55-49(43)54-48(51-45)38-17-11-16-37(30-38)46-44-40-19-8-10-21-42(40)56-50(44)53-47(52-46)36-28-24-34(25-29-36)32-14-5-2-6-15-32/h1-30H. The van der Waals surface area contributed by atoms with Crippen molar-refractivity contribution in [2.45, 2.75) is 0 Å². The van der Waals surface area contributed by atoms with Crippen LogP contribution in [0, 0.1) is 0 Å². The van der Waals surface area contributed by atoms with Crippen molar-refractivity contribution in [3.05, 3.63) is 182 Å². The zero-order chi connectivity index (χ0) is 37.0. The third-order valence-electron chi connectivity index (χ3n) is 10.4. The molecule has 4 nitrogen and oxygen atoms in total. The Balaban J connectivity index is 1.07. The second kappa shape index (κ2) is 13.5. The molecule has 0 aliphatic carbocycles. The van der Waals surface area contributed by atoms with E-state index in [0.29, 0.717) is 11.6 Å². The van der Waals surface area contributed by atoms with Gasteiger partial charge in [0.2, 0.25) is 0 Å². The van der Waals surface area contributed by atoms with E-state index in [1.807, 2.05) is 12.1 Å². The van der Waals surface area contributed by atoms with Gasteiger partial charge in [0.1, 0.15) is 9.66 Å². The highest BCUT2D eigenvalue weighted by molar-refractivity contribution is 7.26. The lowest BCUT2D eigenvalue weighted by Crippen LogP contribution is -1.96. The van der Waals surface area contributed by atoms with Gasteiger partial charge in [0.25, 0.3) is 0 Å². The summed E-state index contributed by atoms with van der Waals surface area (Å²) in [5.41, 5.74) is 10.5. The fourth-order valence-corrected chi connectivity index (χ4v) is 9.77. The summed E-state index contributed by atoms with van der Waals surface area (Å²) in [6.45, 7) is 0. The van der Waals surface area contributed by atoms with E-state index in [1.165, 1.54) is 31.5 Å². The van der Waals surface area contributed by atoms with Crippen molar-refractivity contribution in [3.8, 4) is 67.5 Å². The molecule has 0 spiro atoms. The first-order valence-electron chi connectivity index (χ1n) is 18.5. The van der Waals surface area contributed by atoms with Crippen molar-refractivity contribution in [2.75, 3.05) is 0 Å². The first kappa shape index (κ1) is 32.6. The Morgan fingerprint density at radius 2 is 0.679 bits per heavy atom. The van der Waals surface area contributed by atoms with E-state index in [1.54, 1.807) is 22.7 Å². The highest BCUT2D eigenvalue weighted by Crippen LogP contribution is 2.42. The van der Waals surface area contributed by atoms with Crippen LogP contribution in [0.2, 0.25) is 0 Å². The Bertz CT molecular complexity index is 3220. The molecule has 0 saturated carbocycles. The van der Waals surface area contributed by atoms with E-state index in [2.05, 4.69) is 170 Å². The third-order valence-corrected chi connectivity index (χ3v) is 12.5. The normalized spacial score (nSPS) is 11.6. The molecule has 0 radical (unpaired) electrons. The molecule has 0 fully saturated rings. The van der Waals surface area contributed by atoms with Gasteiger partial charge in [-0.3, -0.25) is 0 Å². The van der Waals surface area contributed by atoms with Gasteiger partial charge < -0.3 is 0 Å². The van der Waals surface area contributed by atoms with Crippen molar-refractivity contribution >= 4 is 63.3 Å². The molecule has 0 aliphatic heterocycles. The zero-order valence-corrected chi connectivity index (χ0v) is 31.6. The van der Waals surface area contributed by atoms with Gasteiger partial charge >= 0.3 is 0 Å². The van der Waals surface area contributed by atoms with Gasteiger partial charge in [-0.15, -0.1) is 22.7 Å². The van der Waals surface area contributed by atoms with Crippen molar-refractivity contribution in [2.24, 2.45) is 0 Å². The summed E-state index contributed by atoms with van der Waals surface area (Å²) >= 11 is 3.42. The van der Waals surface area contributed by atoms with E-state index in [-0.39, 0.29) is 0 Å². The number of nitrogens with zero attached hydrogens (tertiary/aromatic N) is 4. The van der Waals surface area contributed by atoms with Crippen molar-refractivity contribution < 1.29 is 0 Å². The average Bonchev–Trinajstić information content (AvgIpc) is 3.85. The molecule has 11 rings (SSSR count). The number of hydrogen-bond acceptors (Lipinski definition) is 6. The molecule has 6 heteroatoms. The number of rotatable bonds is 6. The van der Waals surface area contributed by atoms with Crippen LogP contribution in [-0.4, -0.2) is 19.9 Å². The number of aromatic nitrogens is 4. The molecule has 4 heterocycles. The molecule has 0 bridgehead atoms. The molecule has 4 aromatic heterocycles. The Hall–Kier alpha value is -6.86. The molecular formula is C50H30N4S2. The molecule has 0 amide bonds. The minimum Gasteiger partial charge on any atom is -0.227 e. The number of benzene rings is 7. The highest BCUT2D eigenvalue weighted by Gasteiger charge is 2.20. The summed E-state index contributed by atoms with van der Waals surface area (Å²) in [6.07, 6.45) is 0. The molecule has 56 heavy (non-hydrogen) atoms. The Morgan fingerprint density at radius 1 is 0.286 bits per heavy atom. The topological polar surface area (TPSA) is 51.6 Å². The maximum atomic E-state index is 5.37. The van der Waals surface area contributed by atoms with Gasteiger partial charge in [0.05, 0.1) is 11.4 Å². The number of hydrogen-bond donors (Lipinski definition) is 0. The van der Waals surface area contributed by atoms with Crippen molar-refractivity contribution in [1.82, 2.24) is 19.9 Å². The maximum absolute atomic E-state index is 5.37. The van der Waals surface area contributed by atoms with Gasteiger partial charge in [0, 0.05) is 53.2 Å². The predicted octanol–water partition coefficient (Wildman–Crippen LogP) is 14.0. The first-order valence-corrected chi connectivity index (χ1v) is 20.2. The highest BCUT2D eigenvalue weighted by atomic mass is 32.1. The minimum atomic E-state index is 0.685. The van der Waals surface area contributed by atoms with E-state index in [9.17, 15) is 0 Å². The van der Waals surface area contributed by atoms with Crippen LogP contribution in [0.3, 0.4) is 0 Å². The minimum absolute atomic E-state index is 0.685. The largest absolute Gasteiger partial charge is 0.227 e. The first-order chi connectivity index (χ1) is 27.7. The molecular weight excluding hydrogens is 721 g/mol. The van der Waals surface area contributed by atoms with Crippen LogP contribution in [0.5, 0.6) is 0 Å². The van der Waals surface area contributed by atoms with E-state index >= 15 is 0 Å². The third kappa shape index (κ3) is 5.66. The summed E-state index contributed by atoms with van der Waals surface area (Å²) < 4.78 is 2.38. The fraction of sp³-hybridized carbons (Fsp3) is 0. The lowest BCUT2D eigenvalue weighted by atomic mass is 10.0. The maximum Gasteiger partial charge on any atom is 0.161 e. The van der Waals surface area contributed by atoms with Crippen LogP contribution in [0.4, 0.5) is 0 Å². The molecule has 11 aromatic rings. The Kier molecular flexibility index (Phi) is 7.83. The Morgan fingerprint density at radius 3 is 1.23 bits per heavy atom. The lowest BCUT2D eigenvalue weighted by molar-refractivity contribution is 1.23. The Labute approximate surface area is 331 Å². The van der Waals surface area contributed by atoms with Gasteiger partial charge in [0.15, 0.2) is 11.6 Å². The zero-order valence-electron chi connectivity index (χ0n) is 29.9. The van der Waals surface area contributed by atoms with Crippen LogP contribution >= 0.6 is 22.7 Å². The molecule has 0 saturated heterocycles. The molecule has 0 N–H and O–H groups in total.